The van der Waals surface area contributed by atoms with E-state index in [1.807, 2.05) is 32.0 Å². The minimum Gasteiger partial charge on any atom is -0.496 e. The molecular weight excluding hydrogens is 296 g/mol. The summed E-state index contributed by atoms with van der Waals surface area (Å²) in [5.41, 5.74) is 0.769. The smallest absolute Gasteiger partial charge is 0.133 e. The molecule has 0 aromatic heterocycles. The third-order valence-electron chi connectivity index (χ3n) is 2.97. The summed E-state index contributed by atoms with van der Waals surface area (Å²) < 4.78 is 11.4. The lowest BCUT2D eigenvalue weighted by atomic mass is 9.96. The first-order chi connectivity index (χ1) is 8.38. The van der Waals surface area contributed by atoms with Gasteiger partial charge in [-0.2, -0.15) is 0 Å². The summed E-state index contributed by atoms with van der Waals surface area (Å²) in [6.45, 7) is 3.94. The standard InChI is InChI=1S/C14H21BrO3/c1-14(2,18-4)9-11(16)7-10-5-6-13(17-3)12(15)8-10/h5-6,8,11,16H,7,9H2,1-4H3. The lowest BCUT2D eigenvalue weighted by molar-refractivity contribution is -0.0190. The van der Waals surface area contributed by atoms with Crippen molar-refractivity contribution in [2.45, 2.75) is 38.4 Å². The van der Waals surface area contributed by atoms with Gasteiger partial charge < -0.3 is 14.6 Å². The van der Waals surface area contributed by atoms with E-state index in [0.29, 0.717) is 12.8 Å². The van der Waals surface area contributed by atoms with E-state index < -0.39 is 6.10 Å². The molecule has 0 radical (unpaired) electrons. The average molecular weight is 317 g/mol. The Morgan fingerprint density at radius 2 is 2.00 bits per heavy atom. The van der Waals surface area contributed by atoms with Gasteiger partial charge in [-0.25, -0.2) is 0 Å². The molecule has 1 aromatic rings. The van der Waals surface area contributed by atoms with Crippen molar-refractivity contribution in [2.24, 2.45) is 0 Å². The molecule has 0 amide bonds. The monoisotopic (exact) mass is 316 g/mol. The molecule has 0 heterocycles. The Hall–Kier alpha value is -0.580. The third kappa shape index (κ3) is 4.59. The molecule has 0 fully saturated rings. The van der Waals surface area contributed by atoms with Crippen LogP contribution in [0.15, 0.2) is 22.7 Å². The number of hydrogen-bond acceptors (Lipinski definition) is 3. The molecule has 1 atom stereocenters. The predicted molar refractivity (Wildman–Crippen MR) is 76.1 cm³/mol. The molecule has 1 N–H and O–H groups in total. The average Bonchev–Trinajstić information content (AvgIpc) is 2.28. The molecule has 0 spiro atoms. The largest absolute Gasteiger partial charge is 0.496 e. The highest BCUT2D eigenvalue weighted by atomic mass is 79.9. The van der Waals surface area contributed by atoms with Crippen molar-refractivity contribution in [1.29, 1.82) is 0 Å². The summed E-state index contributed by atoms with van der Waals surface area (Å²) in [6.07, 6.45) is 0.794. The van der Waals surface area contributed by atoms with Crippen LogP contribution in [0.1, 0.15) is 25.8 Å². The van der Waals surface area contributed by atoms with Gasteiger partial charge in [0.25, 0.3) is 0 Å². The van der Waals surface area contributed by atoms with Crippen LogP contribution in [0.5, 0.6) is 5.75 Å². The zero-order valence-electron chi connectivity index (χ0n) is 11.4. The number of halogens is 1. The van der Waals surface area contributed by atoms with Gasteiger partial charge in [-0.15, -0.1) is 0 Å². The Kier molecular flexibility index (Phi) is 5.63. The Balaban J connectivity index is 2.65. The van der Waals surface area contributed by atoms with E-state index >= 15 is 0 Å². The fourth-order valence-corrected chi connectivity index (χ4v) is 2.42. The SMILES string of the molecule is COc1ccc(CC(O)CC(C)(C)OC)cc1Br. The molecule has 0 aliphatic heterocycles. The molecule has 1 aromatic carbocycles. The van der Waals surface area contributed by atoms with Crippen LogP contribution in [-0.2, 0) is 11.2 Å². The molecular formula is C14H21BrO3. The second-order valence-electron chi connectivity index (χ2n) is 4.99. The first kappa shape index (κ1) is 15.5. The van der Waals surface area contributed by atoms with E-state index in [2.05, 4.69) is 15.9 Å². The lowest BCUT2D eigenvalue weighted by Crippen LogP contribution is -2.29. The van der Waals surface area contributed by atoms with Gasteiger partial charge in [0.15, 0.2) is 0 Å². The van der Waals surface area contributed by atoms with Crippen molar-refractivity contribution in [3.05, 3.63) is 28.2 Å². The molecule has 0 aliphatic rings. The fourth-order valence-electron chi connectivity index (χ4n) is 1.83. The Morgan fingerprint density at radius 3 is 2.50 bits per heavy atom. The highest BCUT2D eigenvalue weighted by Crippen LogP contribution is 2.27. The van der Waals surface area contributed by atoms with Crippen LogP contribution in [0.4, 0.5) is 0 Å². The fraction of sp³-hybridized carbons (Fsp3) is 0.571. The van der Waals surface area contributed by atoms with Gasteiger partial charge in [0.1, 0.15) is 5.75 Å². The van der Waals surface area contributed by atoms with Gasteiger partial charge in [-0.1, -0.05) is 6.07 Å². The van der Waals surface area contributed by atoms with Crippen molar-refractivity contribution in [2.75, 3.05) is 14.2 Å². The van der Waals surface area contributed by atoms with Crippen LogP contribution < -0.4 is 4.74 Å². The van der Waals surface area contributed by atoms with Crippen molar-refractivity contribution in [1.82, 2.24) is 0 Å². The molecule has 0 aliphatic carbocycles. The minimum atomic E-state index is -0.416. The topological polar surface area (TPSA) is 38.7 Å². The van der Waals surface area contributed by atoms with Crippen molar-refractivity contribution in [3.8, 4) is 5.75 Å². The Morgan fingerprint density at radius 1 is 1.33 bits per heavy atom. The summed E-state index contributed by atoms with van der Waals surface area (Å²) in [5.74, 6) is 0.797. The molecule has 0 saturated heterocycles. The molecule has 0 saturated carbocycles. The Bertz CT molecular complexity index is 391. The van der Waals surface area contributed by atoms with Gasteiger partial charge in [0, 0.05) is 13.5 Å². The lowest BCUT2D eigenvalue weighted by Gasteiger charge is -2.25. The number of aliphatic hydroxyl groups is 1. The maximum atomic E-state index is 10.1. The quantitative estimate of drug-likeness (QED) is 0.876. The molecule has 102 valence electrons. The first-order valence-electron chi connectivity index (χ1n) is 5.93. The summed E-state index contributed by atoms with van der Waals surface area (Å²) in [6, 6.07) is 5.84. The van der Waals surface area contributed by atoms with Gasteiger partial charge >= 0.3 is 0 Å². The first-order valence-corrected chi connectivity index (χ1v) is 6.73. The summed E-state index contributed by atoms with van der Waals surface area (Å²) in [5, 5.41) is 10.1. The van der Waals surface area contributed by atoms with Gasteiger partial charge in [0.2, 0.25) is 0 Å². The van der Waals surface area contributed by atoms with Gasteiger partial charge in [-0.05, 0) is 53.9 Å². The van der Waals surface area contributed by atoms with Crippen LogP contribution in [0.25, 0.3) is 0 Å². The summed E-state index contributed by atoms with van der Waals surface area (Å²) in [4.78, 5) is 0. The van der Waals surface area contributed by atoms with E-state index in [4.69, 9.17) is 9.47 Å². The van der Waals surface area contributed by atoms with E-state index in [1.165, 1.54) is 0 Å². The number of methoxy groups -OCH3 is 2. The molecule has 0 bridgehead atoms. The maximum Gasteiger partial charge on any atom is 0.133 e. The van der Waals surface area contributed by atoms with E-state index in [1.54, 1.807) is 14.2 Å². The normalized spacial score (nSPS) is 13.4. The van der Waals surface area contributed by atoms with E-state index in [0.717, 1.165) is 15.8 Å². The molecule has 3 nitrogen and oxygen atoms in total. The summed E-state index contributed by atoms with van der Waals surface area (Å²) >= 11 is 3.44. The number of benzene rings is 1. The second-order valence-corrected chi connectivity index (χ2v) is 5.85. The Labute approximate surface area is 117 Å². The molecule has 1 rings (SSSR count). The van der Waals surface area contributed by atoms with Crippen molar-refractivity contribution in [3.63, 3.8) is 0 Å². The summed E-state index contributed by atoms with van der Waals surface area (Å²) in [7, 11) is 3.30. The highest BCUT2D eigenvalue weighted by molar-refractivity contribution is 9.10. The predicted octanol–water partition coefficient (Wildman–Crippen LogP) is 3.18. The number of rotatable bonds is 6. The molecule has 4 heteroatoms. The zero-order chi connectivity index (χ0) is 13.8. The van der Waals surface area contributed by atoms with Gasteiger partial charge in [-0.3, -0.25) is 0 Å². The van der Waals surface area contributed by atoms with Crippen LogP contribution >= 0.6 is 15.9 Å². The van der Waals surface area contributed by atoms with E-state index in [9.17, 15) is 5.11 Å². The second kappa shape index (κ2) is 6.55. The number of ether oxygens (including phenoxy) is 2. The highest BCUT2D eigenvalue weighted by Gasteiger charge is 2.21. The number of hydrogen-bond donors (Lipinski definition) is 1. The van der Waals surface area contributed by atoms with Crippen LogP contribution in [-0.4, -0.2) is 31.0 Å². The third-order valence-corrected chi connectivity index (χ3v) is 3.59. The number of aliphatic hydroxyl groups excluding tert-OH is 1. The van der Waals surface area contributed by atoms with Crippen LogP contribution in [0.2, 0.25) is 0 Å². The van der Waals surface area contributed by atoms with Crippen LogP contribution in [0.3, 0.4) is 0 Å². The van der Waals surface area contributed by atoms with Gasteiger partial charge in [0.05, 0.1) is 23.3 Å². The van der Waals surface area contributed by atoms with Crippen molar-refractivity contribution < 1.29 is 14.6 Å². The van der Waals surface area contributed by atoms with E-state index in [-0.39, 0.29) is 5.60 Å². The molecule has 18 heavy (non-hydrogen) atoms. The van der Waals surface area contributed by atoms with Crippen molar-refractivity contribution >= 4 is 15.9 Å². The van der Waals surface area contributed by atoms with Crippen LogP contribution in [0, 0.1) is 0 Å². The maximum absolute atomic E-state index is 10.1. The minimum absolute atomic E-state index is 0.302. The molecule has 1 unspecified atom stereocenters. The zero-order valence-corrected chi connectivity index (χ0v) is 13.0.